The summed E-state index contributed by atoms with van der Waals surface area (Å²) in [6, 6.07) is 12.9. The summed E-state index contributed by atoms with van der Waals surface area (Å²) in [4.78, 5) is 23.0. The number of thioether (sulfide) groups is 1. The number of anilines is 1. The number of piperazine rings is 1. The van der Waals surface area contributed by atoms with Crippen LogP contribution in [-0.4, -0.2) is 47.7 Å². The molecule has 1 saturated heterocycles. The number of amides is 1. The highest BCUT2D eigenvalue weighted by Gasteiger charge is 2.23. The number of hydrogen-bond acceptors (Lipinski definition) is 5. The van der Waals surface area contributed by atoms with Crippen LogP contribution >= 0.6 is 23.1 Å². The SMILES string of the molecule is Cc1ccc(SCCC(=O)N2CCN(c3nc4cc(C)cc(C)c4s3)CC2)cc1. The summed E-state index contributed by atoms with van der Waals surface area (Å²) >= 11 is 3.53. The average molecular weight is 426 g/mol. The van der Waals surface area contributed by atoms with Gasteiger partial charge in [0.05, 0.1) is 10.2 Å². The molecule has 1 aliphatic rings. The van der Waals surface area contributed by atoms with Crippen molar-refractivity contribution in [1.29, 1.82) is 0 Å². The smallest absolute Gasteiger partial charge is 0.223 e. The van der Waals surface area contributed by atoms with Crippen LogP contribution < -0.4 is 4.90 Å². The van der Waals surface area contributed by atoms with Crippen LogP contribution in [0, 0.1) is 20.8 Å². The molecular formula is C23H27N3OS2. The molecule has 1 fully saturated rings. The van der Waals surface area contributed by atoms with Crippen molar-refractivity contribution in [1.82, 2.24) is 9.88 Å². The lowest BCUT2D eigenvalue weighted by atomic mass is 10.1. The lowest BCUT2D eigenvalue weighted by Gasteiger charge is -2.34. The highest BCUT2D eigenvalue weighted by molar-refractivity contribution is 7.99. The Hall–Kier alpha value is -2.05. The predicted octanol–water partition coefficient (Wildman–Crippen LogP) is 5.05. The number of nitrogens with zero attached hydrogens (tertiary/aromatic N) is 3. The van der Waals surface area contributed by atoms with Crippen LogP contribution in [0.5, 0.6) is 0 Å². The topological polar surface area (TPSA) is 36.4 Å². The summed E-state index contributed by atoms with van der Waals surface area (Å²) in [6.45, 7) is 9.64. The average Bonchev–Trinajstić information content (AvgIpc) is 3.14. The lowest BCUT2D eigenvalue weighted by molar-refractivity contribution is -0.131. The van der Waals surface area contributed by atoms with Gasteiger partial charge in [-0.3, -0.25) is 4.79 Å². The predicted molar refractivity (Wildman–Crippen MR) is 124 cm³/mol. The Morgan fingerprint density at radius 2 is 1.76 bits per heavy atom. The molecule has 152 valence electrons. The third kappa shape index (κ3) is 4.75. The van der Waals surface area contributed by atoms with E-state index in [4.69, 9.17) is 4.98 Å². The number of fused-ring (bicyclic) bond motifs is 1. The van der Waals surface area contributed by atoms with Crippen molar-refractivity contribution >= 4 is 44.4 Å². The van der Waals surface area contributed by atoms with Crippen molar-refractivity contribution in [2.24, 2.45) is 0 Å². The van der Waals surface area contributed by atoms with Crippen molar-refractivity contribution in [3.63, 3.8) is 0 Å². The van der Waals surface area contributed by atoms with E-state index in [-0.39, 0.29) is 5.91 Å². The van der Waals surface area contributed by atoms with Crippen molar-refractivity contribution in [3.05, 3.63) is 53.1 Å². The summed E-state index contributed by atoms with van der Waals surface area (Å²) in [5.74, 6) is 1.10. The first-order valence-corrected chi connectivity index (χ1v) is 11.9. The molecule has 1 aromatic heterocycles. The minimum absolute atomic E-state index is 0.264. The molecule has 2 heterocycles. The van der Waals surface area contributed by atoms with Gasteiger partial charge < -0.3 is 9.80 Å². The van der Waals surface area contributed by atoms with Gasteiger partial charge in [0.2, 0.25) is 5.91 Å². The Morgan fingerprint density at radius 1 is 1.03 bits per heavy atom. The Bertz CT molecular complexity index is 1000. The molecule has 1 aliphatic heterocycles. The first-order chi connectivity index (χ1) is 14.0. The van der Waals surface area contributed by atoms with Gasteiger partial charge in [-0.1, -0.05) is 35.1 Å². The van der Waals surface area contributed by atoms with E-state index in [0.29, 0.717) is 6.42 Å². The fourth-order valence-electron chi connectivity index (χ4n) is 3.70. The Morgan fingerprint density at radius 3 is 2.48 bits per heavy atom. The van der Waals surface area contributed by atoms with E-state index in [1.54, 1.807) is 23.1 Å². The Kier molecular flexibility index (Phi) is 6.11. The maximum Gasteiger partial charge on any atom is 0.223 e. The Balaban J connectivity index is 1.29. The van der Waals surface area contributed by atoms with Gasteiger partial charge in [-0.25, -0.2) is 4.98 Å². The standard InChI is InChI=1S/C23H27N3OS2/c1-16-4-6-19(7-5-16)28-13-8-21(27)25-9-11-26(12-10-25)23-24-20-15-17(2)14-18(3)22(20)29-23/h4-7,14-15H,8-13H2,1-3H3. The van der Waals surface area contributed by atoms with Gasteiger partial charge in [0.1, 0.15) is 0 Å². The number of aryl methyl sites for hydroxylation is 3. The summed E-state index contributed by atoms with van der Waals surface area (Å²) in [5, 5.41) is 1.08. The largest absolute Gasteiger partial charge is 0.345 e. The molecule has 29 heavy (non-hydrogen) atoms. The highest BCUT2D eigenvalue weighted by Crippen LogP contribution is 2.32. The molecule has 0 spiro atoms. The molecular weight excluding hydrogens is 398 g/mol. The molecule has 4 rings (SSSR count). The van der Waals surface area contributed by atoms with E-state index < -0.39 is 0 Å². The summed E-state index contributed by atoms with van der Waals surface area (Å²) < 4.78 is 1.28. The third-order valence-corrected chi connectivity index (χ3v) is 7.60. The fraction of sp³-hybridized carbons (Fsp3) is 0.391. The highest BCUT2D eigenvalue weighted by atomic mass is 32.2. The molecule has 0 N–H and O–H groups in total. The molecule has 1 amide bonds. The van der Waals surface area contributed by atoms with Gasteiger partial charge in [-0.05, 0) is 50.1 Å². The molecule has 3 aromatic rings. The zero-order chi connectivity index (χ0) is 20.4. The normalized spacial score (nSPS) is 14.6. The van der Waals surface area contributed by atoms with Crippen molar-refractivity contribution in [3.8, 4) is 0 Å². The van der Waals surface area contributed by atoms with Gasteiger partial charge in [0.25, 0.3) is 0 Å². The van der Waals surface area contributed by atoms with Gasteiger partial charge in [-0.15, -0.1) is 11.8 Å². The van der Waals surface area contributed by atoms with Crippen LogP contribution in [0.25, 0.3) is 10.2 Å². The number of carbonyl (C=O) groups excluding carboxylic acids is 1. The maximum atomic E-state index is 12.6. The Labute approximate surface area is 180 Å². The molecule has 4 nitrogen and oxygen atoms in total. The number of thiazole rings is 1. The number of benzene rings is 2. The summed E-state index contributed by atoms with van der Waals surface area (Å²) in [5.41, 5.74) is 4.91. The molecule has 6 heteroatoms. The minimum atomic E-state index is 0.264. The quantitative estimate of drug-likeness (QED) is 0.536. The van der Waals surface area contributed by atoms with Crippen LogP contribution in [0.2, 0.25) is 0 Å². The third-order valence-electron chi connectivity index (χ3n) is 5.32. The van der Waals surface area contributed by atoms with Gasteiger partial charge >= 0.3 is 0 Å². The van der Waals surface area contributed by atoms with E-state index in [1.807, 2.05) is 4.90 Å². The molecule has 0 aliphatic carbocycles. The molecule has 0 radical (unpaired) electrons. The first-order valence-electron chi connectivity index (χ1n) is 10.1. The van der Waals surface area contributed by atoms with E-state index >= 15 is 0 Å². The van der Waals surface area contributed by atoms with Gasteiger partial charge in [0, 0.05) is 43.2 Å². The van der Waals surface area contributed by atoms with E-state index in [1.165, 1.54) is 26.3 Å². The monoisotopic (exact) mass is 425 g/mol. The van der Waals surface area contributed by atoms with Crippen molar-refractivity contribution in [2.45, 2.75) is 32.1 Å². The maximum absolute atomic E-state index is 12.6. The lowest BCUT2D eigenvalue weighted by Crippen LogP contribution is -2.48. The first kappa shape index (κ1) is 20.2. The van der Waals surface area contributed by atoms with Gasteiger partial charge in [-0.2, -0.15) is 0 Å². The zero-order valence-corrected chi connectivity index (χ0v) is 18.9. The van der Waals surface area contributed by atoms with E-state index in [0.717, 1.165) is 42.6 Å². The van der Waals surface area contributed by atoms with Crippen LogP contribution in [-0.2, 0) is 4.79 Å². The zero-order valence-electron chi connectivity index (χ0n) is 17.3. The molecule has 0 bridgehead atoms. The van der Waals surface area contributed by atoms with E-state index in [2.05, 4.69) is 62.1 Å². The molecule has 0 saturated carbocycles. The van der Waals surface area contributed by atoms with Crippen molar-refractivity contribution < 1.29 is 4.79 Å². The fourth-order valence-corrected chi connectivity index (χ4v) is 5.60. The van der Waals surface area contributed by atoms with E-state index in [9.17, 15) is 4.79 Å². The van der Waals surface area contributed by atoms with Crippen molar-refractivity contribution in [2.75, 3.05) is 36.8 Å². The van der Waals surface area contributed by atoms with Gasteiger partial charge in [0.15, 0.2) is 5.13 Å². The minimum Gasteiger partial charge on any atom is -0.345 e. The second kappa shape index (κ2) is 8.76. The summed E-state index contributed by atoms with van der Waals surface area (Å²) in [6.07, 6.45) is 0.595. The second-order valence-electron chi connectivity index (χ2n) is 7.71. The molecule has 2 aromatic carbocycles. The van der Waals surface area contributed by atoms with Crippen LogP contribution in [0.4, 0.5) is 5.13 Å². The number of hydrogen-bond donors (Lipinski definition) is 0. The molecule has 0 unspecified atom stereocenters. The number of aromatic nitrogens is 1. The number of rotatable bonds is 5. The van der Waals surface area contributed by atoms with Crippen LogP contribution in [0.3, 0.4) is 0 Å². The summed E-state index contributed by atoms with van der Waals surface area (Å²) in [7, 11) is 0. The second-order valence-corrected chi connectivity index (χ2v) is 9.85. The molecule has 0 atom stereocenters. The van der Waals surface area contributed by atoms with Crippen LogP contribution in [0.15, 0.2) is 41.3 Å². The number of carbonyl (C=O) groups is 1. The van der Waals surface area contributed by atoms with Crippen LogP contribution in [0.1, 0.15) is 23.1 Å².